The number of piperidine rings is 1. The van der Waals surface area contributed by atoms with Crippen molar-refractivity contribution in [2.75, 3.05) is 13.1 Å². The summed E-state index contributed by atoms with van der Waals surface area (Å²) in [4.78, 5) is 12.5. The first-order valence-corrected chi connectivity index (χ1v) is 11.3. The molecule has 9 heteroatoms. The summed E-state index contributed by atoms with van der Waals surface area (Å²) in [6.45, 7) is 0.934. The van der Waals surface area contributed by atoms with Crippen molar-refractivity contribution in [2.45, 2.75) is 19.4 Å². The number of amides is 1. The number of carbonyl (C=O) groups is 1. The van der Waals surface area contributed by atoms with Gasteiger partial charge in [-0.05, 0) is 36.6 Å². The fourth-order valence-electron chi connectivity index (χ4n) is 3.51. The summed E-state index contributed by atoms with van der Waals surface area (Å²) >= 11 is 0. The SMILES string of the molecule is O=C(NCc1nnc2ccccn12)C1CCN(S(=O)(=O)/C=C/c2ccccc2)CC1. The average Bonchev–Trinajstić information content (AvgIpc) is 3.20. The molecule has 2 aromatic heterocycles. The van der Waals surface area contributed by atoms with Crippen molar-refractivity contribution in [2.24, 2.45) is 5.92 Å². The Labute approximate surface area is 175 Å². The van der Waals surface area contributed by atoms with E-state index < -0.39 is 10.0 Å². The van der Waals surface area contributed by atoms with Crippen LogP contribution in [0.4, 0.5) is 0 Å². The highest BCUT2D eigenvalue weighted by Crippen LogP contribution is 2.21. The molecule has 0 aliphatic carbocycles. The zero-order chi connectivity index (χ0) is 21.0. The number of nitrogens with zero attached hydrogens (tertiary/aromatic N) is 4. The Morgan fingerprint density at radius 3 is 2.57 bits per heavy atom. The van der Waals surface area contributed by atoms with Crippen molar-refractivity contribution >= 4 is 27.7 Å². The van der Waals surface area contributed by atoms with Crippen LogP contribution in [-0.4, -0.2) is 46.3 Å². The van der Waals surface area contributed by atoms with Gasteiger partial charge in [0.15, 0.2) is 11.5 Å². The van der Waals surface area contributed by atoms with Crippen molar-refractivity contribution < 1.29 is 13.2 Å². The number of aromatic nitrogens is 3. The van der Waals surface area contributed by atoms with Crippen LogP contribution in [0.1, 0.15) is 24.2 Å². The molecule has 3 heterocycles. The third-order valence-corrected chi connectivity index (χ3v) is 6.79. The predicted molar refractivity (Wildman–Crippen MR) is 114 cm³/mol. The Morgan fingerprint density at radius 1 is 1.07 bits per heavy atom. The number of rotatable bonds is 6. The Balaban J connectivity index is 1.30. The van der Waals surface area contributed by atoms with Crippen LogP contribution < -0.4 is 5.32 Å². The summed E-state index contributed by atoms with van der Waals surface area (Å²) in [6.07, 6.45) is 4.43. The van der Waals surface area contributed by atoms with Crippen LogP contribution in [0.25, 0.3) is 11.7 Å². The molecule has 1 fully saturated rings. The summed E-state index contributed by atoms with van der Waals surface area (Å²) in [5, 5.41) is 12.3. The molecule has 8 nitrogen and oxygen atoms in total. The average molecular weight is 426 g/mol. The van der Waals surface area contributed by atoms with Gasteiger partial charge in [-0.3, -0.25) is 9.20 Å². The molecule has 0 radical (unpaired) electrons. The van der Waals surface area contributed by atoms with E-state index in [1.54, 1.807) is 6.08 Å². The zero-order valence-electron chi connectivity index (χ0n) is 16.4. The number of nitrogens with one attached hydrogen (secondary N) is 1. The maximum absolute atomic E-state index is 12.6. The van der Waals surface area contributed by atoms with Gasteiger partial charge in [0.2, 0.25) is 15.9 Å². The third-order valence-electron chi connectivity index (χ3n) is 5.22. The number of sulfonamides is 1. The van der Waals surface area contributed by atoms with Gasteiger partial charge >= 0.3 is 0 Å². The number of hydrogen-bond donors (Lipinski definition) is 1. The first-order chi connectivity index (χ1) is 14.5. The standard InChI is InChI=1S/C21H23N5O3S/c27-21(22-16-20-24-23-19-8-4-5-12-26(19)20)18-9-13-25(14-10-18)30(28,29)15-11-17-6-2-1-3-7-17/h1-8,11-12,15,18H,9-10,13-14,16H2,(H,22,27)/b15-11+. The quantitative estimate of drug-likeness (QED) is 0.652. The van der Waals surface area contributed by atoms with E-state index in [-0.39, 0.29) is 18.4 Å². The van der Waals surface area contributed by atoms with E-state index in [1.165, 1.54) is 9.71 Å². The predicted octanol–water partition coefficient (Wildman–Crippen LogP) is 2.06. The fraction of sp³-hybridized carbons (Fsp3) is 0.286. The molecule has 1 amide bonds. The second kappa shape index (κ2) is 8.76. The van der Waals surface area contributed by atoms with Crippen LogP contribution in [0.5, 0.6) is 0 Å². The minimum absolute atomic E-state index is 0.0837. The molecule has 1 aromatic carbocycles. The summed E-state index contributed by atoms with van der Waals surface area (Å²) < 4.78 is 28.4. The van der Waals surface area contributed by atoms with E-state index in [0.717, 1.165) is 11.2 Å². The number of hydrogen-bond acceptors (Lipinski definition) is 5. The number of pyridine rings is 1. The lowest BCUT2D eigenvalue weighted by Crippen LogP contribution is -2.42. The zero-order valence-corrected chi connectivity index (χ0v) is 17.2. The van der Waals surface area contributed by atoms with Gasteiger partial charge < -0.3 is 5.32 Å². The molecule has 3 aromatic rings. The van der Waals surface area contributed by atoms with Crippen molar-refractivity contribution in [3.63, 3.8) is 0 Å². The lowest BCUT2D eigenvalue weighted by atomic mass is 9.97. The van der Waals surface area contributed by atoms with Gasteiger partial charge in [-0.25, -0.2) is 8.42 Å². The number of carbonyl (C=O) groups excluding carboxylic acids is 1. The minimum atomic E-state index is -3.50. The van der Waals surface area contributed by atoms with E-state index >= 15 is 0 Å². The Morgan fingerprint density at radius 2 is 1.80 bits per heavy atom. The maximum atomic E-state index is 12.6. The second-order valence-electron chi connectivity index (χ2n) is 7.19. The molecule has 4 rings (SSSR count). The molecule has 0 unspecified atom stereocenters. The van der Waals surface area contributed by atoms with E-state index in [4.69, 9.17) is 0 Å². The van der Waals surface area contributed by atoms with Gasteiger partial charge in [0.1, 0.15) is 0 Å². The molecule has 1 aliphatic heterocycles. The highest BCUT2D eigenvalue weighted by Gasteiger charge is 2.30. The van der Waals surface area contributed by atoms with Crippen LogP contribution >= 0.6 is 0 Å². The maximum Gasteiger partial charge on any atom is 0.236 e. The number of benzene rings is 1. The fourth-order valence-corrected chi connectivity index (χ4v) is 4.73. The third kappa shape index (κ3) is 4.58. The van der Waals surface area contributed by atoms with Crippen LogP contribution in [0.2, 0.25) is 0 Å². The van der Waals surface area contributed by atoms with E-state index in [0.29, 0.717) is 31.8 Å². The Bertz CT molecular complexity index is 1150. The Hall–Kier alpha value is -3.04. The topological polar surface area (TPSA) is 96.7 Å². The highest BCUT2D eigenvalue weighted by atomic mass is 32.2. The normalized spacial score (nSPS) is 16.3. The Kier molecular flexibility index (Phi) is 5.91. The largest absolute Gasteiger partial charge is 0.349 e. The van der Waals surface area contributed by atoms with Crippen LogP contribution in [0, 0.1) is 5.92 Å². The summed E-state index contributed by atoms with van der Waals surface area (Å²) in [5.41, 5.74) is 1.56. The van der Waals surface area contributed by atoms with Crippen LogP contribution in [0.15, 0.2) is 60.1 Å². The van der Waals surface area contributed by atoms with Gasteiger partial charge in [0.05, 0.1) is 6.54 Å². The van der Waals surface area contributed by atoms with Gasteiger partial charge in [0, 0.05) is 30.6 Å². The van der Waals surface area contributed by atoms with Crippen molar-refractivity contribution in [3.05, 3.63) is 71.5 Å². The van der Waals surface area contributed by atoms with E-state index in [1.807, 2.05) is 59.1 Å². The monoisotopic (exact) mass is 425 g/mol. The molecular weight excluding hydrogens is 402 g/mol. The smallest absolute Gasteiger partial charge is 0.236 e. The van der Waals surface area contributed by atoms with E-state index in [9.17, 15) is 13.2 Å². The molecule has 1 aliphatic rings. The number of fused-ring (bicyclic) bond motifs is 1. The van der Waals surface area contributed by atoms with E-state index in [2.05, 4.69) is 15.5 Å². The van der Waals surface area contributed by atoms with Crippen molar-refractivity contribution in [1.82, 2.24) is 24.2 Å². The lowest BCUT2D eigenvalue weighted by molar-refractivity contribution is -0.126. The second-order valence-corrected chi connectivity index (χ2v) is 9.01. The van der Waals surface area contributed by atoms with Crippen LogP contribution in [0.3, 0.4) is 0 Å². The van der Waals surface area contributed by atoms with Crippen molar-refractivity contribution in [1.29, 1.82) is 0 Å². The van der Waals surface area contributed by atoms with Gasteiger partial charge in [0.25, 0.3) is 0 Å². The van der Waals surface area contributed by atoms with Crippen molar-refractivity contribution in [3.8, 4) is 0 Å². The summed E-state index contributed by atoms with van der Waals surface area (Å²) in [5.74, 6) is 0.360. The molecule has 0 atom stereocenters. The molecule has 1 N–H and O–H groups in total. The lowest BCUT2D eigenvalue weighted by Gasteiger charge is -2.29. The highest BCUT2D eigenvalue weighted by molar-refractivity contribution is 7.92. The summed E-state index contributed by atoms with van der Waals surface area (Å²) in [7, 11) is -3.50. The molecule has 0 bridgehead atoms. The molecular formula is C21H23N5O3S. The van der Waals surface area contributed by atoms with Crippen LogP contribution in [-0.2, 0) is 21.4 Å². The minimum Gasteiger partial charge on any atom is -0.349 e. The molecule has 30 heavy (non-hydrogen) atoms. The van der Waals surface area contributed by atoms with Gasteiger partial charge in [-0.1, -0.05) is 36.4 Å². The first-order valence-electron chi connectivity index (χ1n) is 9.82. The molecule has 156 valence electrons. The molecule has 1 saturated heterocycles. The first kappa shape index (κ1) is 20.2. The summed E-state index contributed by atoms with van der Waals surface area (Å²) in [6, 6.07) is 14.9. The van der Waals surface area contributed by atoms with Gasteiger partial charge in [-0.15, -0.1) is 10.2 Å². The molecule has 0 saturated carbocycles. The van der Waals surface area contributed by atoms with Gasteiger partial charge in [-0.2, -0.15) is 4.31 Å². The molecule has 0 spiro atoms.